The summed E-state index contributed by atoms with van der Waals surface area (Å²) in [5, 5.41) is 16.9. The molecule has 3 aromatic carbocycles. The largest absolute Gasteiger partial charge is 0.381 e. The average molecular weight is 797 g/mol. The summed E-state index contributed by atoms with van der Waals surface area (Å²) in [6, 6.07) is 23.7. The molecule has 10 rings (SSSR count). The van der Waals surface area contributed by atoms with Crippen LogP contribution in [0.1, 0.15) is 41.0 Å². The average Bonchev–Trinajstić information content (AvgIpc) is 3.75. The lowest BCUT2D eigenvalue weighted by Gasteiger charge is -2.39. The highest BCUT2D eigenvalue weighted by atomic mass is 32.1. The smallest absolute Gasteiger partial charge is 0.263 e. The third kappa shape index (κ3) is 6.82. The van der Waals surface area contributed by atoms with Crippen LogP contribution in [0.4, 0.5) is 17.1 Å². The third-order valence-electron chi connectivity index (χ3n) is 12.5. The molecule has 3 fully saturated rings. The van der Waals surface area contributed by atoms with Gasteiger partial charge in [0.15, 0.2) is 0 Å². The Morgan fingerprint density at radius 3 is 2.28 bits per heavy atom. The number of amides is 3. The van der Waals surface area contributed by atoms with Gasteiger partial charge in [0.25, 0.3) is 5.91 Å². The van der Waals surface area contributed by atoms with Crippen molar-refractivity contribution in [3.8, 4) is 11.3 Å². The molecule has 4 aliphatic heterocycles. The fourth-order valence-electron chi connectivity index (χ4n) is 9.17. The van der Waals surface area contributed by atoms with Crippen LogP contribution in [0.2, 0.25) is 0 Å². The summed E-state index contributed by atoms with van der Waals surface area (Å²) in [5.74, 6) is -0.862. The van der Waals surface area contributed by atoms with Gasteiger partial charge < -0.3 is 20.4 Å². The number of aryl methyl sites for hydroxylation is 1. The molecule has 3 N–H and O–H groups in total. The van der Waals surface area contributed by atoms with Crippen LogP contribution in [0, 0.1) is 0 Å². The van der Waals surface area contributed by atoms with Crippen LogP contribution in [0.15, 0.2) is 66.7 Å². The molecule has 4 aliphatic rings. The Hall–Kier alpha value is -5.57. The number of anilines is 3. The molecule has 3 aromatic heterocycles. The second-order valence-corrected chi connectivity index (χ2v) is 17.2. The minimum Gasteiger partial charge on any atom is -0.381 e. The van der Waals surface area contributed by atoms with Gasteiger partial charge in [-0.05, 0) is 67.9 Å². The number of nitrogens with zero attached hydrogens (tertiary/aromatic N) is 7. The quantitative estimate of drug-likeness (QED) is 0.190. The second kappa shape index (κ2) is 15.0. The first kappa shape index (κ1) is 36.7. The van der Waals surface area contributed by atoms with E-state index < -0.39 is 5.92 Å². The van der Waals surface area contributed by atoms with Gasteiger partial charge in [0, 0.05) is 129 Å². The minimum atomic E-state index is -0.394. The predicted molar refractivity (Wildman–Crippen MR) is 231 cm³/mol. The number of aromatic nitrogens is 3. The Kier molecular flexibility index (Phi) is 9.49. The summed E-state index contributed by atoms with van der Waals surface area (Å²) < 4.78 is 2.96. The van der Waals surface area contributed by atoms with E-state index in [0.29, 0.717) is 19.4 Å². The highest BCUT2D eigenvalue weighted by molar-refractivity contribution is 7.21. The summed E-state index contributed by atoms with van der Waals surface area (Å²) in [4.78, 5) is 53.1. The molecule has 0 radical (unpaired) electrons. The van der Waals surface area contributed by atoms with Crippen molar-refractivity contribution in [1.29, 1.82) is 0 Å². The first-order valence-corrected chi connectivity index (χ1v) is 21.3. The van der Waals surface area contributed by atoms with Crippen LogP contribution in [0.25, 0.3) is 43.1 Å². The SMILES string of the molecule is C[C@@H]1CNc2c(sc3ccc4nc(-c5cccc(N6CCN(CCN7CCN(c8ccc9c(C%10CCC(=O)NC%10=O)nn(C)c9c8)CC7)CC6)c5)ccc4c23)C(=O)N1. The molecule has 14 heteroatoms. The molecule has 3 amide bonds. The van der Waals surface area contributed by atoms with Gasteiger partial charge in [0.1, 0.15) is 4.88 Å². The molecule has 3 saturated heterocycles. The summed E-state index contributed by atoms with van der Waals surface area (Å²) >= 11 is 1.54. The van der Waals surface area contributed by atoms with Crippen LogP contribution >= 0.6 is 11.3 Å². The lowest BCUT2D eigenvalue weighted by molar-refractivity contribution is -0.134. The fourth-order valence-corrected chi connectivity index (χ4v) is 10.3. The molecule has 298 valence electrons. The van der Waals surface area contributed by atoms with E-state index in [1.807, 2.05) is 18.7 Å². The molecule has 0 aliphatic carbocycles. The predicted octanol–water partition coefficient (Wildman–Crippen LogP) is 5.01. The lowest BCUT2D eigenvalue weighted by atomic mass is 9.93. The summed E-state index contributed by atoms with van der Waals surface area (Å²) in [7, 11) is 1.93. The Morgan fingerprint density at radius 2 is 1.53 bits per heavy atom. The third-order valence-corrected chi connectivity index (χ3v) is 13.6. The molecule has 58 heavy (non-hydrogen) atoms. The highest BCUT2D eigenvalue weighted by Crippen LogP contribution is 2.41. The topological polar surface area (TPSA) is 131 Å². The number of piperazine rings is 2. The van der Waals surface area contributed by atoms with E-state index in [4.69, 9.17) is 10.1 Å². The van der Waals surface area contributed by atoms with E-state index >= 15 is 0 Å². The van der Waals surface area contributed by atoms with Gasteiger partial charge in [-0.25, -0.2) is 4.98 Å². The highest BCUT2D eigenvalue weighted by Gasteiger charge is 2.32. The van der Waals surface area contributed by atoms with Crippen molar-refractivity contribution in [3.05, 3.63) is 77.3 Å². The number of carbonyl (C=O) groups is 3. The van der Waals surface area contributed by atoms with Gasteiger partial charge in [-0.3, -0.25) is 34.2 Å². The molecular formula is C44H48N10O3S. The van der Waals surface area contributed by atoms with E-state index in [9.17, 15) is 14.4 Å². The number of pyridine rings is 1. The van der Waals surface area contributed by atoms with Crippen LogP contribution in [0.5, 0.6) is 0 Å². The lowest BCUT2D eigenvalue weighted by Crippen LogP contribution is -2.51. The molecule has 7 heterocycles. The van der Waals surface area contributed by atoms with Gasteiger partial charge in [-0.2, -0.15) is 5.10 Å². The molecule has 13 nitrogen and oxygen atoms in total. The maximum Gasteiger partial charge on any atom is 0.263 e. The van der Waals surface area contributed by atoms with E-state index in [1.54, 1.807) is 0 Å². The first-order valence-electron chi connectivity index (χ1n) is 20.5. The van der Waals surface area contributed by atoms with Crippen molar-refractivity contribution in [2.24, 2.45) is 7.05 Å². The van der Waals surface area contributed by atoms with Gasteiger partial charge >= 0.3 is 0 Å². The van der Waals surface area contributed by atoms with Gasteiger partial charge in [-0.1, -0.05) is 12.1 Å². The summed E-state index contributed by atoms with van der Waals surface area (Å²) in [6.07, 6.45) is 0.844. The van der Waals surface area contributed by atoms with Gasteiger partial charge in [0.05, 0.1) is 34.0 Å². The van der Waals surface area contributed by atoms with Crippen LogP contribution in [-0.2, 0) is 16.6 Å². The van der Waals surface area contributed by atoms with Crippen molar-refractivity contribution in [2.75, 3.05) is 87.1 Å². The number of thiophene rings is 1. The number of nitrogens with one attached hydrogen (secondary N) is 3. The Morgan fingerprint density at radius 1 is 0.810 bits per heavy atom. The zero-order chi connectivity index (χ0) is 39.5. The normalized spacial score (nSPS) is 21.0. The zero-order valence-electron chi connectivity index (χ0n) is 33.0. The number of carbonyl (C=O) groups excluding carboxylic acids is 3. The van der Waals surface area contributed by atoms with E-state index in [2.05, 4.69) is 102 Å². The molecule has 0 saturated carbocycles. The Bertz CT molecular complexity index is 2590. The molecule has 0 bridgehead atoms. The van der Waals surface area contributed by atoms with Crippen molar-refractivity contribution < 1.29 is 14.4 Å². The monoisotopic (exact) mass is 796 g/mol. The molecule has 6 aromatic rings. The number of fused-ring (bicyclic) bond motifs is 6. The molecule has 1 unspecified atom stereocenters. The number of hydrogen-bond donors (Lipinski definition) is 3. The second-order valence-electron chi connectivity index (χ2n) is 16.2. The number of hydrogen-bond acceptors (Lipinski definition) is 11. The van der Waals surface area contributed by atoms with Crippen LogP contribution < -0.4 is 25.8 Å². The zero-order valence-corrected chi connectivity index (χ0v) is 33.8. The minimum absolute atomic E-state index is 0.0124. The number of imide groups is 1. The van der Waals surface area contributed by atoms with Crippen LogP contribution in [-0.4, -0.2) is 120 Å². The van der Waals surface area contributed by atoms with Crippen molar-refractivity contribution >= 4 is 78.0 Å². The van der Waals surface area contributed by atoms with Gasteiger partial charge in [-0.15, -0.1) is 11.3 Å². The molecule has 2 atom stereocenters. The maximum absolute atomic E-state index is 12.9. The van der Waals surface area contributed by atoms with Crippen molar-refractivity contribution in [3.63, 3.8) is 0 Å². The van der Waals surface area contributed by atoms with E-state index in [1.165, 1.54) is 22.7 Å². The van der Waals surface area contributed by atoms with E-state index in [-0.39, 0.29) is 23.8 Å². The summed E-state index contributed by atoms with van der Waals surface area (Å²) in [6.45, 7) is 12.9. The number of rotatable bonds is 7. The maximum atomic E-state index is 12.9. The summed E-state index contributed by atoms with van der Waals surface area (Å²) in [5.41, 5.74) is 8.08. The number of benzene rings is 3. The number of piperidine rings is 1. The van der Waals surface area contributed by atoms with Crippen molar-refractivity contribution in [2.45, 2.75) is 31.7 Å². The Labute approximate surface area is 341 Å². The molecular weight excluding hydrogens is 749 g/mol. The molecule has 0 spiro atoms. The van der Waals surface area contributed by atoms with Crippen molar-refractivity contribution in [1.82, 2.24) is 35.2 Å². The Balaban J connectivity index is 0.734. The van der Waals surface area contributed by atoms with E-state index in [0.717, 1.165) is 125 Å². The van der Waals surface area contributed by atoms with Crippen LogP contribution in [0.3, 0.4) is 0 Å². The standard InChI is InChI=1S/C44H48N10O3S/c1-27-26-45-41-39-31-8-10-34(47-35(31)11-12-37(39)58-42(41)44(57)46-27)28-4-3-5-29(24-28)53-20-16-51(17-21-53)14-15-52-18-22-54(23-19-52)30-6-7-32-36(25-30)50(2)49-40(32)33-9-13-38(55)48-43(33)56/h3-8,10-12,24-25,27,33,45H,9,13-23,26H2,1-2H3,(H,46,57)(H,48,55,56)/t27-,33?/m1/s1. The van der Waals surface area contributed by atoms with Gasteiger partial charge in [0.2, 0.25) is 11.8 Å². The fraction of sp³-hybridized carbons (Fsp3) is 0.386. The first-order chi connectivity index (χ1) is 28.3.